The molecule has 0 aromatic heterocycles. The van der Waals surface area contributed by atoms with E-state index in [9.17, 15) is 24.9 Å². The molecule has 2 aliphatic rings. The average Bonchev–Trinajstić information content (AvgIpc) is 3.30. The number of carbonyl (C=O) groups excluding carboxylic acids is 2. The van der Waals surface area contributed by atoms with Gasteiger partial charge in [0.2, 0.25) is 11.8 Å². The normalized spacial score (nSPS) is 21.9. The van der Waals surface area contributed by atoms with E-state index in [0.29, 0.717) is 34.7 Å². The molecular weight excluding hydrogens is 480 g/mol. The smallest absolute Gasteiger partial charge is 0.247 e. The topological polar surface area (TPSA) is 138 Å². The molecule has 1 aliphatic carbocycles. The van der Waals surface area contributed by atoms with Crippen molar-refractivity contribution in [3.05, 3.63) is 34.9 Å². The standard InChI is InChI=1S/C27H40N2O8/c1-4-5-6-7-10-29(22(32)8-12-35-2)20-15-19(27(34)28-9-11-30)23-18-13-17(16-31)14-21(36-3)25(18)37-26(23)24(20)33/h13-15,20,23-24,26,30-31,33H,4-12,16H2,1-3H3,(H,28,34)/t20-,23+,24+,26+/m1/s1. The number of nitrogens with zero attached hydrogens (tertiary/aromatic N) is 1. The quantitative estimate of drug-likeness (QED) is 0.269. The van der Waals surface area contributed by atoms with E-state index in [4.69, 9.17) is 14.2 Å². The number of ether oxygens (including phenoxy) is 3. The van der Waals surface area contributed by atoms with E-state index in [1.54, 1.807) is 23.1 Å². The van der Waals surface area contributed by atoms with Gasteiger partial charge in [-0.2, -0.15) is 0 Å². The Bertz CT molecular complexity index is 966. The fraction of sp³-hybridized carbons (Fsp3) is 0.630. The highest BCUT2D eigenvalue weighted by molar-refractivity contribution is 5.96. The van der Waals surface area contributed by atoms with Gasteiger partial charge >= 0.3 is 0 Å². The highest BCUT2D eigenvalue weighted by atomic mass is 16.5. The van der Waals surface area contributed by atoms with E-state index in [0.717, 1.165) is 25.7 Å². The molecule has 0 saturated carbocycles. The predicted molar refractivity (Wildman–Crippen MR) is 136 cm³/mol. The van der Waals surface area contributed by atoms with Crippen LogP contribution in [0.25, 0.3) is 0 Å². The summed E-state index contributed by atoms with van der Waals surface area (Å²) in [6.07, 6.45) is 3.62. The van der Waals surface area contributed by atoms with Gasteiger partial charge in [-0.15, -0.1) is 0 Å². The van der Waals surface area contributed by atoms with Gasteiger partial charge in [-0.25, -0.2) is 0 Å². The number of nitrogens with one attached hydrogen (secondary N) is 1. The summed E-state index contributed by atoms with van der Waals surface area (Å²) in [6, 6.07) is 2.61. The third-order valence-corrected chi connectivity index (χ3v) is 6.95. The van der Waals surface area contributed by atoms with Crippen LogP contribution in [0.5, 0.6) is 11.5 Å². The Morgan fingerprint density at radius 3 is 2.59 bits per heavy atom. The van der Waals surface area contributed by atoms with E-state index < -0.39 is 30.1 Å². The maximum absolute atomic E-state index is 13.3. The summed E-state index contributed by atoms with van der Waals surface area (Å²) in [5.74, 6) is -0.446. The molecule has 0 fully saturated rings. The molecule has 10 nitrogen and oxygen atoms in total. The second kappa shape index (κ2) is 13.8. The van der Waals surface area contributed by atoms with Crippen LogP contribution >= 0.6 is 0 Å². The lowest BCUT2D eigenvalue weighted by Crippen LogP contribution is -2.56. The van der Waals surface area contributed by atoms with Crippen molar-refractivity contribution in [2.75, 3.05) is 40.5 Å². The van der Waals surface area contributed by atoms with Gasteiger partial charge in [0.05, 0.1) is 45.3 Å². The van der Waals surface area contributed by atoms with Crippen molar-refractivity contribution in [3.63, 3.8) is 0 Å². The molecule has 0 unspecified atom stereocenters. The number of amides is 2. The number of rotatable bonds is 14. The van der Waals surface area contributed by atoms with Crippen molar-refractivity contribution < 1.29 is 39.1 Å². The fourth-order valence-electron chi connectivity index (χ4n) is 5.10. The molecule has 1 aromatic rings. The maximum atomic E-state index is 13.3. The van der Waals surface area contributed by atoms with Crippen LogP contribution in [-0.2, 0) is 20.9 Å². The zero-order valence-corrected chi connectivity index (χ0v) is 21.9. The van der Waals surface area contributed by atoms with Gasteiger partial charge in [0, 0.05) is 31.3 Å². The van der Waals surface area contributed by atoms with Crippen LogP contribution in [0.15, 0.2) is 23.8 Å². The molecule has 1 aromatic carbocycles. The Morgan fingerprint density at radius 1 is 1.16 bits per heavy atom. The van der Waals surface area contributed by atoms with E-state index in [1.807, 2.05) is 0 Å². The van der Waals surface area contributed by atoms with Crippen LogP contribution < -0.4 is 14.8 Å². The molecule has 1 aliphatic heterocycles. The number of carbonyl (C=O) groups is 2. The van der Waals surface area contributed by atoms with Crippen molar-refractivity contribution >= 4 is 11.8 Å². The minimum absolute atomic E-state index is 0.0575. The first-order valence-corrected chi connectivity index (χ1v) is 13.0. The van der Waals surface area contributed by atoms with Crippen LogP contribution in [0.2, 0.25) is 0 Å². The number of hydrogen-bond acceptors (Lipinski definition) is 8. The summed E-state index contributed by atoms with van der Waals surface area (Å²) in [7, 11) is 3.01. The summed E-state index contributed by atoms with van der Waals surface area (Å²) in [5.41, 5.74) is 1.54. The van der Waals surface area contributed by atoms with Gasteiger partial charge in [-0.05, 0) is 30.2 Å². The Morgan fingerprint density at radius 2 is 1.95 bits per heavy atom. The molecule has 1 heterocycles. The van der Waals surface area contributed by atoms with Crippen molar-refractivity contribution in [3.8, 4) is 11.5 Å². The number of methoxy groups -OCH3 is 2. The summed E-state index contributed by atoms with van der Waals surface area (Å²) >= 11 is 0. The molecule has 3 rings (SSSR count). The first-order valence-electron chi connectivity index (χ1n) is 13.0. The number of fused-ring (bicyclic) bond motifs is 3. The molecule has 206 valence electrons. The maximum Gasteiger partial charge on any atom is 0.247 e. The van der Waals surface area contributed by atoms with Gasteiger partial charge in [0.25, 0.3) is 0 Å². The second-order valence-corrected chi connectivity index (χ2v) is 9.41. The zero-order chi connectivity index (χ0) is 26.9. The summed E-state index contributed by atoms with van der Waals surface area (Å²) < 4.78 is 16.8. The number of unbranched alkanes of at least 4 members (excludes halogenated alkanes) is 3. The van der Waals surface area contributed by atoms with Gasteiger partial charge in [-0.3, -0.25) is 9.59 Å². The molecule has 0 bridgehead atoms. The van der Waals surface area contributed by atoms with Crippen LogP contribution in [0.1, 0.15) is 56.1 Å². The monoisotopic (exact) mass is 520 g/mol. The zero-order valence-electron chi connectivity index (χ0n) is 21.9. The van der Waals surface area contributed by atoms with Crippen molar-refractivity contribution in [2.45, 2.75) is 69.8 Å². The molecular formula is C27H40N2O8. The molecule has 0 spiro atoms. The number of benzene rings is 1. The number of hydrogen-bond donors (Lipinski definition) is 4. The minimum atomic E-state index is -1.12. The lowest BCUT2D eigenvalue weighted by atomic mass is 9.77. The van der Waals surface area contributed by atoms with E-state index in [2.05, 4.69) is 12.2 Å². The molecule has 10 heteroatoms. The summed E-state index contributed by atoms with van der Waals surface area (Å²) in [5, 5.41) is 33.3. The predicted octanol–water partition coefficient (Wildman–Crippen LogP) is 1.26. The van der Waals surface area contributed by atoms with Crippen molar-refractivity contribution in [2.24, 2.45) is 0 Å². The lowest BCUT2D eigenvalue weighted by Gasteiger charge is -2.40. The van der Waals surface area contributed by atoms with E-state index >= 15 is 0 Å². The van der Waals surface area contributed by atoms with Crippen LogP contribution in [0.3, 0.4) is 0 Å². The first-order chi connectivity index (χ1) is 17.9. The van der Waals surface area contributed by atoms with Crippen LogP contribution in [0.4, 0.5) is 0 Å². The molecule has 37 heavy (non-hydrogen) atoms. The Hall–Kier alpha value is -2.66. The molecule has 2 amide bonds. The Balaban J connectivity index is 2.05. The summed E-state index contributed by atoms with van der Waals surface area (Å²) in [6.45, 7) is 2.37. The third kappa shape index (κ3) is 6.43. The minimum Gasteiger partial charge on any atom is -0.493 e. The van der Waals surface area contributed by atoms with E-state index in [1.165, 1.54) is 14.2 Å². The van der Waals surface area contributed by atoms with E-state index in [-0.39, 0.29) is 38.7 Å². The molecule has 0 saturated heterocycles. The molecule has 4 N–H and O–H groups in total. The Kier molecular flexibility index (Phi) is 10.7. The molecule has 4 atom stereocenters. The molecule has 0 radical (unpaired) electrons. The largest absolute Gasteiger partial charge is 0.493 e. The van der Waals surface area contributed by atoms with Gasteiger partial charge in [-0.1, -0.05) is 26.2 Å². The highest BCUT2D eigenvalue weighted by Gasteiger charge is 2.51. The van der Waals surface area contributed by atoms with Crippen molar-refractivity contribution in [1.29, 1.82) is 0 Å². The van der Waals surface area contributed by atoms with Crippen LogP contribution in [-0.4, -0.2) is 90.8 Å². The number of aliphatic hydroxyl groups is 3. The SMILES string of the molecule is CCCCCCN(C(=O)CCOC)[C@@H]1C=C(C(=O)NCCO)[C@@H]2c3cc(CO)cc(OC)c3O[C@@H]2[C@H]1O. The van der Waals surface area contributed by atoms with Gasteiger partial charge in [0.1, 0.15) is 12.2 Å². The van der Waals surface area contributed by atoms with Gasteiger partial charge < -0.3 is 39.7 Å². The summed E-state index contributed by atoms with van der Waals surface area (Å²) in [4.78, 5) is 28.2. The average molecular weight is 521 g/mol. The first kappa shape index (κ1) is 28.9. The van der Waals surface area contributed by atoms with Crippen LogP contribution in [0, 0.1) is 0 Å². The van der Waals surface area contributed by atoms with Gasteiger partial charge in [0.15, 0.2) is 11.5 Å². The second-order valence-electron chi connectivity index (χ2n) is 9.41. The highest BCUT2D eigenvalue weighted by Crippen LogP contribution is 2.51. The van der Waals surface area contributed by atoms with Crippen molar-refractivity contribution in [1.82, 2.24) is 10.2 Å². The third-order valence-electron chi connectivity index (χ3n) is 6.95. The Labute approximate surface area is 218 Å². The fourth-order valence-corrected chi connectivity index (χ4v) is 5.10. The number of aliphatic hydroxyl groups excluding tert-OH is 3. The lowest BCUT2D eigenvalue weighted by molar-refractivity contribution is -0.138.